The van der Waals surface area contributed by atoms with E-state index in [0.717, 1.165) is 5.56 Å². The number of nitrogens with two attached hydrogens (primary N) is 1. The van der Waals surface area contributed by atoms with Gasteiger partial charge >= 0.3 is 0 Å². The van der Waals surface area contributed by atoms with Crippen LogP contribution in [0.3, 0.4) is 0 Å². The number of rotatable bonds is 3. The van der Waals surface area contributed by atoms with Gasteiger partial charge < -0.3 is 15.5 Å². The van der Waals surface area contributed by atoms with E-state index in [-0.39, 0.29) is 23.8 Å². The van der Waals surface area contributed by atoms with Crippen LogP contribution in [-0.4, -0.2) is 54.8 Å². The quantitative estimate of drug-likeness (QED) is 0.931. The number of likely N-dealkylation sites (tertiary alicyclic amines) is 1. The van der Waals surface area contributed by atoms with Gasteiger partial charge in [0.15, 0.2) is 0 Å². The predicted octanol–water partition coefficient (Wildman–Crippen LogP) is 1.96. The monoisotopic (exact) mass is 337 g/mol. The number of hydrogen-bond acceptors (Lipinski definition) is 3. The number of nitrogens with zero attached hydrogens (tertiary/aromatic N) is 2. The van der Waals surface area contributed by atoms with Crippen molar-refractivity contribution in [3.05, 3.63) is 71.3 Å². The Morgan fingerprint density at radius 1 is 0.960 bits per heavy atom. The molecular formula is C20H23N3O2. The maximum Gasteiger partial charge on any atom is 0.253 e. The molecule has 2 atom stereocenters. The van der Waals surface area contributed by atoms with Gasteiger partial charge in [0.1, 0.15) is 0 Å². The molecule has 0 radical (unpaired) electrons. The Labute approximate surface area is 148 Å². The Balaban J connectivity index is 1.72. The van der Waals surface area contributed by atoms with E-state index in [2.05, 4.69) is 12.1 Å². The fourth-order valence-electron chi connectivity index (χ4n) is 3.24. The summed E-state index contributed by atoms with van der Waals surface area (Å²) in [6, 6.07) is 16.8. The molecule has 2 amide bonds. The third kappa shape index (κ3) is 3.56. The first kappa shape index (κ1) is 17.2. The molecule has 130 valence electrons. The van der Waals surface area contributed by atoms with Gasteiger partial charge in [0.05, 0.1) is 0 Å². The van der Waals surface area contributed by atoms with Crippen LogP contribution in [0.15, 0.2) is 54.6 Å². The van der Waals surface area contributed by atoms with E-state index in [1.165, 1.54) is 4.90 Å². The van der Waals surface area contributed by atoms with Crippen molar-refractivity contribution < 1.29 is 9.59 Å². The van der Waals surface area contributed by atoms with E-state index in [9.17, 15) is 9.59 Å². The highest BCUT2D eigenvalue weighted by Crippen LogP contribution is 2.27. The normalized spacial score (nSPS) is 19.7. The summed E-state index contributed by atoms with van der Waals surface area (Å²) >= 11 is 0. The highest BCUT2D eigenvalue weighted by Gasteiger charge is 2.34. The van der Waals surface area contributed by atoms with Crippen molar-refractivity contribution >= 4 is 11.8 Å². The second-order valence-corrected chi connectivity index (χ2v) is 6.67. The van der Waals surface area contributed by atoms with Crippen molar-refractivity contribution in [1.82, 2.24) is 9.80 Å². The van der Waals surface area contributed by atoms with E-state index in [0.29, 0.717) is 24.2 Å². The van der Waals surface area contributed by atoms with Gasteiger partial charge in [-0.2, -0.15) is 0 Å². The van der Waals surface area contributed by atoms with Gasteiger partial charge in [0.2, 0.25) is 0 Å². The minimum atomic E-state index is -0.0775. The zero-order valence-electron chi connectivity index (χ0n) is 14.6. The van der Waals surface area contributed by atoms with Crippen LogP contribution in [0.2, 0.25) is 0 Å². The van der Waals surface area contributed by atoms with Crippen LogP contribution in [0, 0.1) is 0 Å². The highest BCUT2D eigenvalue weighted by atomic mass is 16.2. The molecule has 1 aliphatic heterocycles. The number of amides is 2. The molecule has 0 spiro atoms. The van der Waals surface area contributed by atoms with Crippen molar-refractivity contribution in [2.24, 2.45) is 5.73 Å². The second kappa shape index (κ2) is 7.07. The molecular weight excluding hydrogens is 314 g/mol. The van der Waals surface area contributed by atoms with Gasteiger partial charge in [-0.1, -0.05) is 30.3 Å². The number of hydrogen-bond donors (Lipinski definition) is 1. The lowest BCUT2D eigenvalue weighted by Gasteiger charge is -2.17. The van der Waals surface area contributed by atoms with Crippen LogP contribution in [0.25, 0.3) is 0 Å². The van der Waals surface area contributed by atoms with Crippen LogP contribution in [0.4, 0.5) is 0 Å². The first-order valence-electron chi connectivity index (χ1n) is 8.39. The minimum Gasteiger partial charge on any atom is -0.345 e. The summed E-state index contributed by atoms with van der Waals surface area (Å²) in [5.74, 6) is 0.0313. The summed E-state index contributed by atoms with van der Waals surface area (Å²) in [7, 11) is 3.41. The van der Waals surface area contributed by atoms with Crippen molar-refractivity contribution in [1.29, 1.82) is 0 Å². The molecule has 1 heterocycles. The molecule has 1 saturated heterocycles. The van der Waals surface area contributed by atoms with Crippen molar-refractivity contribution in [2.45, 2.75) is 12.0 Å². The Morgan fingerprint density at radius 2 is 1.56 bits per heavy atom. The fourth-order valence-corrected chi connectivity index (χ4v) is 3.24. The summed E-state index contributed by atoms with van der Waals surface area (Å²) in [6.07, 6.45) is 0. The Morgan fingerprint density at radius 3 is 2.16 bits per heavy atom. The zero-order valence-corrected chi connectivity index (χ0v) is 14.6. The smallest absolute Gasteiger partial charge is 0.253 e. The molecule has 0 aromatic heterocycles. The summed E-state index contributed by atoms with van der Waals surface area (Å²) in [4.78, 5) is 28.0. The van der Waals surface area contributed by atoms with Crippen LogP contribution in [0.1, 0.15) is 32.2 Å². The standard InChI is InChI=1S/C20H23N3O2/c1-22(2)19(24)15-8-10-16(11-9-15)20(25)23-12-17(18(21)13-23)14-6-4-3-5-7-14/h3-11,17-18H,12-13,21H2,1-2H3/t17-,18+/m0/s1. The summed E-state index contributed by atoms with van der Waals surface area (Å²) in [5, 5.41) is 0. The average molecular weight is 337 g/mol. The van der Waals surface area contributed by atoms with E-state index >= 15 is 0 Å². The van der Waals surface area contributed by atoms with Gasteiger partial charge in [-0.15, -0.1) is 0 Å². The third-order valence-corrected chi connectivity index (χ3v) is 4.67. The zero-order chi connectivity index (χ0) is 18.0. The summed E-state index contributed by atoms with van der Waals surface area (Å²) in [5.41, 5.74) is 8.59. The van der Waals surface area contributed by atoms with Crippen molar-refractivity contribution in [2.75, 3.05) is 27.2 Å². The molecule has 0 unspecified atom stereocenters. The van der Waals surface area contributed by atoms with Gasteiger partial charge in [-0.25, -0.2) is 0 Å². The van der Waals surface area contributed by atoms with Crippen molar-refractivity contribution in [3.8, 4) is 0 Å². The lowest BCUT2D eigenvalue weighted by atomic mass is 9.95. The third-order valence-electron chi connectivity index (χ3n) is 4.67. The Kier molecular flexibility index (Phi) is 4.86. The molecule has 5 nitrogen and oxygen atoms in total. The molecule has 0 aliphatic carbocycles. The van der Waals surface area contributed by atoms with Crippen LogP contribution < -0.4 is 5.73 Å². The summed E-state index contributed by atoms with van der Waals surface area (Å²) < 4.78 is 0. The lowest BCUT2D eigenvalue weighted by Crippen LogP contribution is -2.32. The molecule has 1 fully saturated rings. The Bertz CT molecular complexity index is 756. The molecule has 3 rings (SSSR count). The largest absolute Gasteiger partial charge is 0.345 e. The minimum absolute atomic E-state index is 0.0438. The molecule has 0 saturated carbocycles. The molecule has 5 heteroatoms. The van der Waals surface area contributed by atoms with E-state index in [1.54, 1.807) is 43.3 Å². The van der Waals surface area contributed by atoms with Crippen molar-refractivity contribution in [3.63, 3.8) is 0 Å². The molecule has 25 heavy (non-hydrogen) atoms. The maximum absolute atomic E-state index is 12.8. The SMILES string of the molecule is CN(C)C(=O)c1ccc(C(=O)N2C[C@@H](N)[C@H](c3ccccc3)C2)cc1. The van der Waals surface area contributed by atoms with Gasteiger partial charge in [-0.05, 0) is 29.8 Å². The number of carbonyl (C=O) groups excluding carboxylic acids is 2. The first-order valence-corrected chi connectivity index (χ1v) is 8.39. The van der Waals surface area contributed by atoms with Crippen LogP contribution in [0.5, 0.6) is 0 Å². The van der Waals surface area contributed by atoms with Crippen LogP contribution >= 0.6 is 0 Å². The van der Waals surface area contributed by atoms with Crippen LogP contribution in [-0.2, 0) is 0 Å². The first-order chi connectivity index (χ1) is 12.0. The highest BCUT2D eigenvalue weighted by molar-refractivity contribution is 5.97. The van der Waals surface area contributed by atoms with Gasteiger partial charge in [0.25, 0.3) is 11.8 Å². The van der Waals surface area contributed by atoms with E-state index in [1.807, 2.05) is 18.2 Å². The number of carbonyl (C=O) groups is 2. The maximum atomic E-state index is 12.8. The molecule has 2 aromatic rings. The van der Waals surface area contributed by atoms with Gasteiger partial charge in [-0.3, -0.25) is 9.59 Å². The second-order valence-electron chi connectivity index (χ2n) is 6.67. The molecule has 1 aliphatic rings. The topological polar surface area (TPSA) is 66.6 Å². The van der Waals surface area contributed by atoms with E-state index in [4.69, 9.17) is 5.73 Å². The average Bonchev–Trinajstić information content (AvgIpc) is 3.03. The summed E-state index contributed by atoms with van der Waals surface area (Å²) in [6.45, 7) is 1.15. The molecule has 2 aromatic carbocycles. The van der Waals surface area contributed by atoms with Gasteiger partial charge in [0, 0.05) is 50.3 Å². The molecule has 0 bridgehead atoms. The molecule has 2 N–H and O–H groups in total. The number of benzene rings is 2. The fraction of sp³-hybridized carbons (Fsp3) is 0.300. The predicted molar refractivity (Wildman–Crippen MR) is 97.5 cm³/mol. The lowest BCUT2D eigenvalue weighted by molar-refractivity contribution is 0.0786. The Hall–Kier alpha value is -2.66. The van der Waals surface area contributed by atoms with E-state index < -0.39 is 0 Å².